The van der Waals surface area contributed by atoms with Crippen LogP contribution in [0.2, 0.25) is 5.15 Å². The van der Waals surface area contributed by atoms with Crippen molar-refractivity contribution in [3.05, 3.63) is 41.3 Å². The molecule has 2 aromatic rings. The second kappa shape index (κ2) is 4.71. The van der Waals surface area contributed by atoms with E-state index in [0.29, 0.717) is 5.76 Å². The molecule has 0 atom stereocenters. The molecule has 2 aromatic heterocycles. The number of carbonyl (C=O) groups excluding carboxylic acids is 1. The van der Waals surface area contributed by atoms with Gasteiger partial charge < -0.3 is 9.84 Å². The molecule has 0 radical (unpaired) electrons. The Labute approximate surface area is 95.6 Å². The Morgan fingerprint density at radius 2 is 2.38 bits per heavy atom. The SMILES string of the molecule is O=C(NCc1ccno1)c1cncc(Cl)n1. The van der Waals surface area contributed by atoms with Crippen LogP contribution in [0.25, 0.3) is 0 Å². The van der Waals surface area contributed by atoms with E-state index in [4.69, 9.17) is 16.1 Å². The summed E-state index contributed by atoms with van der Waals surface area (Å²) in [6.45, 7) is 0.243. The van der Waals surface area contributed by atoms with Crippen molar-refractivity contribution in [2.75, 3.05) is 0 Å². The minimum atomic E-state index is -0.369. The zero-order chi connectivity index (χ0) is 11.4. The predicted octanol–water partition coefficient (Wildman–Crippen LogP) is 1.05. The second-order valence-corrected chi connectivity index (χ2v) is 3.28. The number of amides is 1. The molecule has 0 spiro atoms. The molecule has 0 fully saturated rings. The fourth-order valence-electron chi connectivity index (χ4n) is 1.04. The minimum absolute atomic E-state index is 0.159. The maximum atomic E-state index is 11.6. The van der Waals surface area contributed by atoms with Gasteiger partial charge in [-0.25, -0.2) is 4.98 Å². The summed E-state index contributed by atoms with van der Waals surface area (Å²) in [5.41, 5.74) is 0.159. The summed E-state index contributed by atoms with van der Waals surface area (Å²) in [6.07, 6.45) is 4.19. The third-order valence-electron chi connectivity index (χ3n) is 1.75. The number of carbonyl (C=O) groups is 1. The monoisotopic (exact) mass is 238 g/mol. The van der Waals surface area contributed by atoms with Crippen molar-refractivity contribution < 1.29 is 9.32 Å². The molecule has 0 aliphatic rings. The quantitative estimate of drug-likeness (QED) is 0.864. The van der Waals surface area contributed by atoms with Gasteiger partial charge in [0.15, 0.2) is 5.76 Å². The number of aromatic nitrogens is 3. The number of hydrogen-bond donors (Lipinski definition) is 1. The van der Waals surface area contributed by atoms with Crippen molar-refractivity contribution in [3.8, 4) is 0 Å². The summed E-state index contributed by atoms with van der Waals surface area (Å²) in [5.74, 6) is 0.190. The zero-order valence-corrected chi connectivity index (χ0v) is 8.81. The average molecular weight is 239 g/mol. The van der Waals surface area contributed by atoms with E-state index < -0.39 is 0 Å². The van der Waals surface area contributed by atoms with Crippen LogP contribution in [-0.2, 0) is 6.54 Å². The first kappa shape index (κ1) is 10.6. The van der Waals surface area contributed by atoms with Crippen LogP contribution in [0, 0.1) is 0 Å². The highest BCUT2D eigenvalue weighted by atomic mass is 35.5. The molecule has 2 rings (SSSR count). The lowest BCUT2D eigenvalue weighted by atomic mass is 10.4. The molecule has 0 aliphatic carbocycles. The Hall–Kier alpha value is -1.95. The van der Waals surface area contributed by atoms with Crippen molar-refractivity contribution in [1.82, 2.24) is 20.4 Å². The maximum Gasteiger partial charge on any atom is 0.271 e. The average Bonchev–Trinajstić information content (AvgIpc) is 2.78. The van der Waals surface area contributed by atoms with Crippen LogP contribution in [-0.4, -0.2) is 21.0 Å². The largest absolute Gasteiger partial charge is 0.360 e. The van der Waals surface area contributed by atoms with Gasteiger partial charge in [0.2, 0.25) is 0 Å². The van der Waals surface area contributed by atoms with E-state index in [1.165, 1.54) is 18.6 Å². The standard InChI is InChI=1S/C9H7ClN4O2/c10-8-5-11-4-7(14-8)9(15)12-3-6-1-2-13-16-6/h1-2,4-5H,3H2,(H,12,15). The fourth-order valence-corrected chi connectivity index (χ4v) is 1.19. The molecular formula is C9H7ClN4O2. The van der Waals surface area contributed by atoms with Crippen LogP contribution in [0.3, 0.4) is 0 Å². The van der Waals surface area contributed by atoms with Gasteiger partial charge in [-0.1, -0.05) is 16.8 Å². The number of halogens is 1. The van der Waals surface area contributed by atoms with Crippen LogP contribution >= 0.6 is 11.6 Å². The molecular weight excluding hydrogens is 232 g/mol. The third-order valence-corrected chi connectivity index (χ3v) is 1.93. The maximum absolute atomic E-state index is 11.6. The topological polar surface area (TPSA) is 80.9 Å². The lowest BCUT2D eigenvalue weighted by molar-refractivity contribution is 0.0941. The van der Waals surface area contributed by atoms with E-state index in [9.17, 15) is 4.79 Å². The van der Waals surface area contributed by atoms with Gasteiger partial charge in [0, 0.05) is 6.07 Å². The normalized spacial score (nSPS) is 10.1. The second-order valence-electron chi connectivity index (χ2n) is 2.89. The summed E-state index contributed by atoms with van der Waals surface area (Å²) >= 11 is 5.61. The Bertz CT molecular complexity index is 486. The lowest BCUT2D eigenvalue weighted by Crippen LogP contribution is -2.23. The van der Waals surface area contributed by atoms with Gasteiger partial charge in [0.25, 0.3) is 5.91 Å². The highest BCUT2D eigenvalue weighted by Crippen LogP contribution is 2.03. The summed E-state index contributed by atoms with van der Waals surface area (Å²) in [6, 6.07) is 1.66. The molecule has 2 heterocycles. The molecule has 16 heavy (non-hydrogen) atoms. The molecule has 1 amide bonds. The number of nitrogens with one attached hydrogen (secondary N) is 1. The summed E-state index contributed by atoms with van der Waals surface area (Å²) < 4.78 is 4.82. The van der Waals surface area contributed by atoms with Crippen LogP contribution in [0.4, 0.5) is 0 Å². The van der Waals surface area contributed by atoms with E-state index in [2.05, 4.69) is 20.4 Å². The van der Waals surface area contributed by atoms with Crippen LogP contribution in [0.15, 0.2) is 29.2 Å². The van der Waals surface area contributed by atoms with Gasteiger partial charge in [-0.2, -0.15) is 0 Å². The van der Waals surface area contributed by atoms with Gasteiger partial charge in [-0.15, -0.1) is 0 Å². The molecule has 82 valence electrons. The first-order valence-corrected chi connectivity index (χ1v) is 4.79. The van der Waals surface area contributed by atoms with Gasteiger partial charge in [-0.3, -0.25) is 9.78 Å². The molecule has 6 nitrogen and oxygen atoms in total. The molecule has 0 saturated heterocycles. The molecule has 0 aliphatic heterocycles. The van der Waals surface area contributed by atoms with Gasteiger partial charge >= 0.3 is 0 Å². The van der Waals surface area contributed by atoms with E-state index in [0.717, 1.165) is 0 Å². The Balaban J connectivity index is 1.98. The Morgan fingerprint density at radius 1 is 1.50 bits per heavy atom. The van der Waals surface area contributed by atoms with Crippen LogP contribution in [0.1, 0.15) is 16.2 Å². The van der Waals surface area contributed by atoms with E-state index in [1.807, 2.05) is 0 Å². The minimum Gasteiger partial charge on any atom is -0.360 e. The molecule has 0 unspecified atom stereocenters. The van der Waals surface area contributed by atoms with Crippen LogP contribution < -0.4 is 5.32 Å². The molecule has 7 heteroatoms. The highest BCUT2D eigenvalue weighted by molar-refractivity contribution is 6.29. The summed E-state index contributed by atoms with van der Waals surface area (Å²) in [4.78, 5) is 19.1. The predicted molar refractivity (Wildman–Crippen MR) is 54.7 cm³/mol. The van der Waals surface area contributed by atoms with Crippen molar-refractivity contribution in [1.29, 1.82) is 0 Å². The van der Waals surface area contributed by atoms with E-state index >= 15 is 0 Å². The van der Waals surface area contributed by atoms with Gasteiger partial charge in [0.1, 0.15) is 10.8 Å². The first-order valence-electron chi connectivity index (χ1n) is 4.41. The van der Waals surface area contributed by atoms with Gasteiger partial charge in [-0.05, 0) is 0 Å². The Morgan fingerprint density at radius 3 is 3.06 bits per heavy atom. The van der Waals surface area contributed by atoms with E-state index in [1.54, 1.807) is 6.07 Å². The number of rotatable bonds is 3. The summed E-state index contributed by atoms with van der Waals surface area (Å²) in [7, 11) is 0. The van der Waals surface area contributed by atoms with Crippen molar-refractivity contribution >= 4 is 17.5 Å². The number of nitrogens with zero attached hydrogens (tertiary/aromatic N) is 3. The van der Waals surface area contributed by atoms with Crippen molar-refractivity contribution in [2.24, 2.45) is 0 Å². The van der Waals surface area contributed by atoms with Crippen molar-refractivity contribution in [3.63, 3.8) is 0 Å². The van der Waals surface area contributed by atoms with Gasteiger partial charge in [0.05, 0.1) is 25.1 Å². The Kier molecular flexibility index (Phi) is 3.11. The molecule has 0 saturated carbocycles. The third kappa shape index (κ3) is 2.54. The van der Waals surface area contributed by atoms with E-state index in [-0.39, 0.29) is 23.3 Å². The molecule has 0 bridgehead atoms. The smallest absolute Gasteiger partial charge is 0.271 e. The highest BCUT2D eigenvalue weighted by Gasteiger charge is 2.08. The fraction of sp³-hybridized carbons (Fsp3) is 0.111. The number of hydrogen-bond acceptors (Lipinski definition) is 5. The lowest BCUT2D eigenvalue weighted by Gasteiger charge is -2.01. The van der Waals surface area contributed by atoms with Crippen LogP contribution in [0.5, 0.6) is 0 Å². The van der Waals surface area contributed by atoms with Crippen molar-refractivity contribution in [2.45, 2.75) is 6.54 Å². The summed E-state index contributed by atoms with van der Waals surface area (Å²) in [5, 5.41) is 6.28. The first-order chi connectivity index (χ1) is 7.75. The zero-order valence-electron chi connectivity index (χ0n) is 8.05. The molecule has 0 aromatic carbocycles. The molecule has 1 N–H and O–H groups in total.